The number of nitrogens with zero attached hydrogens (tertiary/aromatic N) is 3. The topological polar surface area (TPSA) is 174 Å². The maximum atomic E-state index is 12.1. The van der Waals surface area contributed by atoms with Crippen LogP contribution in [-0.4, -0.2) is 27.7 Å². The average Bonchev–Trinajstić information content (AvgIpc) is 2.54. The molecule has 13 nitrogen and oxygen atoms in total. The lowest BCUT2D eigenvalue weighted by Gasteiger charge is -2.11. The van der Waals surface area contributed by atoms with Gasteiger partial charge >= 0.3 is 11.7 Å². The van der Waals surface area contributed by atoms with Crippen molar-refractivity contribution in [1.29, 1.82) is 0 Å². The predicted molar refractivity (Wildman–Crippen MR) is 82.8 cm³/mol. The number of esters is 1. The molecular weight excluding hydrogens is 358 g/mol. The first-order valence-electron chi connectivity index (χ1n) is 7.41. The van der Waals surface area contributed by atoms with E-state index in [0.717, 1.165) is 31.4 Å². The van der Waals surface area contributed by atoms with Crippen LogP contribution in [0.1, 0.15) is 43.0 Å². The van der Waals surface area contributed by atoms with Crippen molar-refractivity contribution in [3.8, 4) is 11.5 Å². The summed E-state index contributed by atoms with van der Waals surface area (Å²) < 4.78 is 4.92. The summed E-state index contributed by atoms with van der Waals surface area (Å²) in [5, 5.41) is 29.3. The smallest absolute Gasteiger partial charge is 0.340 e. The van der Waals surface area contributed by atoms with Gasteiger partial charge in [0.2, 0.25) is 5.75 Å². The largest absolute Gasteiger partial charge is 0.462 e. The number of hydrogen-bond acceptors (Lipinski definition) is 10. The summed E-state index contributed by atoms with van der Waals surface area (Å²) in [4.78, 5) is 51.3. The van der Waals surface area contributed by atoms with Crippen molar-refractivity contribution in [2.24, 2.45) is 0 Å². The number of nitro benzene ring substituents is 1. The predicted octanol–water partition coefficient (Wildman–Crippen LogP) is 2.47. The zero-order valence-corrected chi connectivity index (χ0v) is 13.6. The molecule has 0 unspecified atom stereocenters. The molecule has 142 valence electrons. The van der Waals surface area contributed by atoms with Crippen LogP contribution in [0.3, 0.4) is 0 Å². The van der Waals surface area contributed by atoms with Gasteiger partial charge in [-0.25, -0.2) is 4.79 Å². The number of carbonyl (C=O) groups is 1. The van der Waals surface area contributed by atoms with Gasteiger partial charge in [0.1, 0.15) is 0 Å². The first-order valence-corrected chi connectivity index (χ1v) is 7.41. The van der Waals surface area contributed by atoms with Crippen LogP contribution < -0.4 is 9.68 Å². The van der Waals surface area contributed by atoms with Crippen molar-refractivity contribution in [1.82, 2.24) is 0 Å². The molecule has 0 spiro atoms. The Hall–Kier alpha value is -3.51. The molecule has 1 aromatic carbocycles. The molecule has 0 aliphatic carbocycles. The van der Waals surface area contributed by atoms with Crippen LogP contribution in [0, 0.1) is 30.3 Å². The molecule has 26 heavy (non-hydrogen) atoms. The summed E-state index contributed by atoms with van der Waals surface area (Å²) in [5.41, 5.74) is -1.60. The van der Waals surface area contributed by atoms with Crippen LogP contribution in [0.4, 0.5) is 5.69 Å². The lowest BCUT2D eigenvalue weighted by Crippen LogP contribution is -2.15. The summed E-state index contributed by atoms with van der Waals surface area (Å²) in [6, 6.07) is 1.55. The van der Waals surface area contributed by atoms with Gasteiger partial charge in [0.25, 0.3) is 10.2 Å². The van der Waals surface area contributed by atoms with Gasteiger partial charge in [-0.15, -0.1) is 20.2 Å². The van der Waals surface area contributed by atoms with Crippen molar-refractivity contribution < 1.29 is 34.3 Å². The molecule has 0 atom stereocenters. The number of carbonyl (C=O) groups excluding carboxylic acids is 1. The third kappa shape index (κ3) is 5.85. The van der Waals surface area contributed by atoms with E-state index in [1.165, 1.54) is 0 Å². The Kier molecular flexibility index (Phi) is 7.67. The van der Waals surface area contributed by atoms with Crippen molar-refractivity contribution in [3.63, 3.8) is 0 Å². The molecule has 0 saturated heterocycles. The Morgan fingerprint density at radius 3 is 2.12 bits per heavy atom. The fourth-order valence-electron chi connectivity index (χ4n) is 1.96. The number of rotatable bonds is 11. The quantitative estimate of drug-likeness (QED) is 0.242. The normalized spacial score (nSPS) is 10.0. The first kappa shape index (κ1) is 20.5. The summed E-state index contributed by atoms with van der Waals surface area (Å²) in [5.74, 6) is -3.36. The maximum Gasteiger partial charge on any atom is 0.340 e. The second-order valence-corrected chi connectivity index (χ2v) is 4.87. The molecule has 0 bridgehead atoms. The molecule has 0 N–H and O–H groups in total. The zero-order chi connectivity index (χ0) is 19.7. The minimum Gasteiger partial charge on any atom is -0.462 e. The molecule has 0 aliphatic rings. The zero-order valence-electron chi connectivity index (χ0n) is 13.6. The number of nitro groups is 1. The fourth-order valence-corrected chi connectivity index (χ4v) is 1.96. The van der Waals surface area contributed by atoms with Crippen LogP contribution in [0.25, 0.3) is 0 Å². The summed E-state index contributed by atoms with van der Waals surface area (Å²) >= 11 is 0. The number of ether oxygens (including phenoxy) is 1. The maximum absolute atomic E-state index is 12.1. The molecule has 0 saturated carbocycles. The highest BCUT2D eigenvalue weighted by Gasteiger charge is 2.30. The van der Waals surface area contributed by atoms with Gasteiger partial charge in [-0.1, -0.05) is 26.2 Å². The molecule has 0 aromatic heterocycles. The molecule has 0 amide bonds. The van der Waals surface area contributed by atoms with Gasteiger partial charge in [-0.05, 0) is 12.5 Å². The molecule has 13 heteroatoms. The van der Waals surface area contributed by atoms with Gasteiger partial charge in [-0.3, -0.25) is 19.8 Å². The van der Waals surface area contributed by atoms with Crippen molar-refractivity contribution in [2.75, 3.05) is 6.61 Å². The van der Waals surface area contributed by atoms with Gasteiger partial charge in [0.05, 0.1) is 17.1 Å². The Balaban J connectivity index is 3.20. The third-order valence-electron chi connectivity index (χ3n) is 3.07. The molecule has 0 radical (unpaired) electrons. The number of hydrogen-bond donors (Lipinski definition) is 0. The van der Waals surface area contributed by atoms with Gasteiger partial charge in [0, 0.05) is 6.07 Å². The number of benzene rings is 1. The van der Waals surface area contributed by atoms with E-state index in [-0.39, 0.29) is 6.61 Å². The lowest BCUT2D eigenvalue weighted by molar-refractivity contribution is -0.722. The minimum absolute atomic E-state index is 0.000842. The van der Waals surface area contributed by atoms with E-state index < -0.39 is 43.8 Å². The van der Waals surface area contributed by atoms with Crippen molar-refractivity contribution in [2.45, 2.75) is 32.6 Å². The van der Waals surface area contributed by atoms with E-state index >= 15 is 0 Å². The van der Waals surface area contributed by atoms with E-state index in [4.69, 9.17) is 4.74 Å². The second-order valence-electron chi connectivity index (χ2n) is 4.87. The second kappa shape index (κ2) is 9.71. The number of unbranched alkanes of at least 4 members (excludes halogenated alkanes) is 3. The monoisotopic (exact) mass is 373 g/mol. The van der Waals surface area contributed by atoms with E-state index in [9.17, 15) is 35.1 Å². The first-order chi connectivity index (χ1) is 12.3. The minimum atomic E-state index is -1.42. The highest BCUT2D eigenvalue weighted by atomic mass is 17.0. The van der Waals surface area contributed by atoms with E-state index in [2.05, 4.69) is 9.68 Å². The summed E-state index contributed by atoms with van der Waals surface area (Å²) in [7, 11) is 0. The standard InChI is InChI=1S/C13H15N3O10/c1-2-3-4-5-8-24-13(17)9-6-7-10(14(18)19)12(26-16(22)23)11(9)25-15(20)21/h6-7H,2-5,8H2,1H3. The SMILES string of the molecule is CCCCCCOC(=O)c1ccc([N+](=O)[O-])c(O[N+](=O)[O-])c1O[N+](=O)[O-]. The van der Waals surface area contributed by atoms with Gasteiger partial charge < -0.3 is 4.74 Å². The molecule has 0 fully saturated rings. The molecular formula is C13H15N3O10. The molecule has 0 heterocycles. The van der Waals surface area contributed by atoms with E-state index in [1.54, 1.807) is 0 Å². The van der Waals surface area contributed by atoms with Gasteiger partial charge in [-0.2, -0.15) is 0 Å². The Morgan fingerprint density at radius 1 is 0.962 bits per heavy atom. The van der Waals surface area contributed by atoms with Gasteiger partial charge in [0.15, 0.2) is 5.75 Å². The average molecular weight is 373 g/mol. The lowest BCUT2D eigenvalue weighted by atomic mass is 10.1. The molecule has 1 rings (SSSR count). The molecule has 0 aliphatic heterocycles. The Bertz CT molecular complexity index is 706. The van der Waals surface area contributed by atoms with E-state index in [1.807, 2.05) is 6.92 Å². The van der Waals surface area contributed by atoms with Crippen LogP contribution in [0.2, 0.25) is 0 Å². The van der Waals surface area contributed by atoms with E-state index in [0.29, 0.717) is 6.42 Å². The summed E-state index contributed by atoms with van der Waals surface area (Å²) in [6.45, 7) is 1.99. The molecule has 1 aromatic rings. The van der Waals surface area contributed by atoms with Crippen molar-refractivity contribution in [3.05, 3.63) is 48.0 Å². The van der Waals surface area contributed by atoms with Crippen LogP contribution in [0.5, 0.6) is 11.5 Å². The third-order valence-corrected chi connectivity index (χ3v) is 3.07. The van der Waals surface area contributed by atoms with Crippen molar-refractivity contribution >= 4 is 11.7 Å². The Labute approximate surface area is 145 Å². The Morgan fingerprint density at radius 2 is 1.58 bits per heavy atom. The van der Waals surface area contributed by atoms with Crippen LogP contribution in [-0.2, 0) is 4.74 Å². The highest BCUT2D eigenvalue weighted by molar-refractivity contribution is 5.94. The summed E-state index contributed by atoms with van der Waals surface area (Å²) in [6.07, 6.45) is 3.21. The fraction of sp³-hybridized carbons (Fsp3) is 0.462. The van der Waals surface area contributed by atoms with Crippen LogP contribution in [0.15, 0.2) is 12.1 Å². The van der Waals surface area contributed by atoms with Crippen LogP contribution >= 0.6 is 0 Å². The highest BCUT2D eigenvalue weighted by Crippen LogP contribution is 2.40.